The number of rotatable bonds is 9. The van der Waals surface area contributed by atoms with Gasteiger partial charge in [-0.05, 0) is 56.0 Å². The first kappa shape index (κ1) is 22.5. The number of methoxy groups -OCH3 is 1. The van der Waals surface area contributed by atoms with Crippen molar-refractivity contribution in [2.45, 2.75) is 53.1 Å². The van der Waals surface area contributed by atoms with Crippen LogP contribution in [-0.4, -0.2) is 36.4 Å². The highest BCUT2D eigenvalue weighted by Gasteiger charge is 2.28. The predicted molar refractivity (Wildman–Crippen MR) is 116 cm³/mol. The molecule has 2 rings (SSSR count). The number of amides is 2. The Morgan fingerprint density at radius 1 is 1.07 bits per heavy atom. The van der Waals surface area contributed by atoms with Crippen molar-refractivity contribution in [1.82, 2.24) is 10.2 Å². The van der Waals surface area contributed by atoms with Gasteiger partial charge in [0.15, 0.2) is 0 Å². The molecular formula is C24H32N2O3. The summed E-state index contributed by atoms with van der Waals surface area (Å²) in [7, 11) is 1.62. The molecule has 0 aliphatic rings. The molecule has 29 heavy (non-hydrogen) atoms. The maximum Gasteiger partial charge on any atom is 0.242 e. The average molecular weight is 397 g/mol. The van der Waals surface area contributed by atoms with Crippen molar-refractivity contribution in [3.63, 3.8) is 0 Å². The van der Waals surface area contributed by atoms with Crippen LogP contribution in [0, 0.1) is 13.8 Å². The summed E-state index contributed by atoms with van der Waals surface area (Å²) >= 11 is 0. The van der Waals surface area contributed by atoms with Crippen molar-refractivity contribution in [2.75, 3.05) is 13.7 Å². The first-order chi connectivity index (χ1) is 13.9. The monoisotopic (exact) mass is 396 g/mol. The van der Waals surface area contributed by atoms with Gasteiger partial charge >= 0.3 is 0 Å². The molecule has 5 nitrogen and oxygen atoms in total. The van der Waals surface area contributed by atoms with E-state index in [9.17, 15) is 9.59 Å². The maximum atomic E-state index is 13.3. The molecule has 0 spiro atoms. The number of aryl methyl sites for hydroxylation is 2. The number of nitrogens with one attached hydrogen (secondary N) is 1. The third kappa shape index (κ3) is 6.08. The smallest absolute Gasteiger partial charge is 0.242 e. The van der Waals surface area contributed by atoms with Crippen LogP contribution in [-0.2, 0) is 22.6 Å². The van der Waals surface area contributed by atoms with Crippen LogP contribution in [0.5, 0.6) is 5.75 Å². The molecule has 0 aliphatic carbocycles. The van der Waals surface area contributed by atoms with Gasteiger partial charge in [-0.15, -0.1) is 0 Å². The first-order valence-corrected chi connectivity index (χ1v) is 10.2. The van der Waals surface area contributed by atoms with Crippen LogP contribution in [0.4, 0.5) is 0 Å². The average Bonchev–Trinajstić information content (AvgIpc) is 2.71. The van der Waals surface area contributed by atoms with Crippen molar-refractivity contribution in [1.29, 1.82) is 0 Å². The fourth-order valence-electron chi connectivity index (χ4n) is 3.39. The van der Waals surface area contributed by atoms with Gasteiger partial charge in [-0.25, -0.2) is 0 Å². The number of ether oxygens (including phenoxy) is 1. The Hall–Kier alpha value is -2.82. The molecule has 2 amide bonds. The molecule has 0 aliphatic heterocycles. The van der Waals surface area contributed by atoms with E-state index in [0.717, 1.165) is 28.0 Å². The van der Waals surface area contributed by atoms with Crippen molar-refractivity contribution in [2.24, 2.45) is 0 Å². The second-order valence-electron chi connectivity index (χ2n) is 7.30. The number of hydrogen-bond donors (Lipinski definition) is 1. The Bertz CT molecular complexity index is 831. The molecule has 0 saturated heterocycles. The summed E-state index contributed by atoms with van der Waals surface area (Å²) in [5, 5.41) is 2.87. The summed E-state index contributed by atoms with van der Waals surface area (Å²) in [5.74, 6) is 0.600. The lowest BCUT2D eigenvalue weighted by atomic mass is 10.0. The fraction of sp³-hybridized carbons (Fsp3) is 0.417. The normalized spacial score (nSPS) is 11.6. The predicted octanol–water partition coefficient (Wildman–Crippen LogP) is 3.80. The van der Waals surface area contributed by atoms with Gasteiger partial charge in [-0.1, -0.05) is 42.8 Å². The zero-order chi connectivity index (χ0) is 21.4. The summed E-state index contributed by atoms with van der Waals surface area (Å²) in [6.45, 7) is 8.77. The Labute approximate surface area is 174 Å². The Kier molecular flexibility index (Phi) is 8.25. The van der Waals surface area contributed by atoms with E-state index in [1.54, 1.807) is 12.0 Å². The van der Waals surface area contributed by atoms with Crippen molar-refractivity contribution in [3.8, 4) is 5.75 Å². The Morgan fingerprint density at radius 2 is 1.76 bits per heavy atom. The van der Waals surface area contributed by atoms with Gasteiger partial charge in [0.1, 0.15) is 11.8 Å². The molecular weight excluding hydrogens is 364 g/mol. The molecule has 2 aromatic rings. The molecule has 0 aromatic heterocycles. The second kappa shape index (κ2) is 10.6. The van der Waals surface area contributed by atoms with Gasteiger partial charge in [-0.2, -0.15) is 0 Å². The van der Waals surface area contributed by atoms with E-state index >= 15 is 0 Å². The van der Waals surface area contributed by atoms with Crippen LogP contribution < -0.4 is 10.1 Å². The lowest BCUT2D eigenvalue weighted by Crippen LogP contribution is -2.49. The number of carbonyl (C=O) groups is 2. The largest absolute Gasteiger partial charge is 0.497 e. The summed E-state index contributed by atoms with van der Waals surface area (Å²) in [6.07, 6.45) is 0.833. The summed E-state index contributed by atoms with van der Waals surface area (Å²) < 4.78 is 5.22. The topological polar surface area (TPSA) is 58.6 Å². The van der Waals surface area contributed by atoms with Crippen LogP contribution in [0.25, 0.3) is 0 Å². The number of carbonyl (C=O) groups excluding carboxylic acids is 2. The second-order valence-corrected chi connectivity index (χ2v) is 7.30. The zero-order valence-corrected chi connectivity index (χ0v) is 18.1. The Balaban J connectivity index is 2.31. The molecule has 156 valence electrons. The van der Waals surface area contributed by atoms with Gasteiger partial charge in [0.2, 0.25) is 11.8 Å². The van der Waals surface area contributed by atoms with Gasteiger partial charge in [0, 0.05) is 13.1 Å². The summed E-state index contributed by atoms with van der Waals surface area (Å²) in [5.41, 5.74) is 4.17. The van der Waals surface area contributed by atoms with Crippen molar-refractivity contribution in [3.05, 3.63) is 64.7 Å². The standard InChI is InChI=1S/C24H32N2O3/c1-6-22(24(28)25-7-2)26(16-19-10-12-21(29-5)13-11-19)23(27)15-20-14-17(3)8-9-18(20)4/h8-14,22H,6-7,15-16H2,1-5H3,(H,25,28)/t22-/m1/s1. The molecule has 0 fully saturated rings. The molecule has 1 N–H and O–H groups in total. The van der Waals surface area contributed by atoms with E-state index in [1.165, 1.54) is 0 Å². The third-order valence-electron chi connectivity index (χ3n) is 5.10. The molecule has 0 unspecified atom stereocenters. The zero-order valence-electron chi connectivity index (χ0n) is 18.1. The van der Waals surface area contributed by atoms with E-state index in [0.29, 0.717) is 19.5 Å². The van der Waals surface area contributed by atoms with Crippen LogP contribution in [0.3, 0.4) is 0 Å². The van der Waals surface area contributed by atoms with Crippen LogP contribution in [0.15, 0.2) is 42.5 Å². The Morgan fingerprint density at radius 3 is 2.34 bits per heavy atom. The van der Waals surface area contributed by atoms with E-state index in [4.69, 9.17) is 4.74 Å². The maximum absolute atomic E-state index is 13.3. The highest BCUT2D eigenvalue weighted by Crippen LogP contribution is 2.19. The van der Waals surface area contributed by atoms with Gasteiger partial charge in [0.05, 0.1) is 13.5 Å². The molecule has 1 atom stereocenters. The van der Waals surface area contributed by atoms with Crippen molar-refractivity contribution >= 4 is 11.8 Å². The number of benzene rings is 2. The molecule has 2 aromatic carbocycles. The molecule has 5 heteroatoms. The van der Waals surface area contributed by atoms with Crippen LogP contribution >= 0.6 is 0 Å². The lowest BCUT2D eigenvalue weighted by molar-refractivity contribution is -0.140. The van der Waals surface area contributed by atoms with E-state index < -0.39 is 6.04 Å². The van der Waals surface area contributed by atoms with E-state index in [-0.39, 0.29) is 18.2 Å². The molecule has 0 saturated carbocycles. The SMILES string of the molecule is CCNC(=O)[C@@H](CC)N(Cc1ccc(OC)cc1)C(=O)Cc1cc(C)ccc1C. The summed E-state index contributed by atoms with van der Waals surface area (Å²) in [4.78, 5) is 27.7. The minimum absolute atomic E-state index is 0.0485. The molecule has 0 radical (unpaired) electrons. The van der Waals surface area contributed by atoms with Gasteiger partial charge in [-0.3, -0.25) is 9.59 Å². The quantitative estimate of drug-likeness (QED) is 0.701. The number of hydrogen-bond acceptors (Lipinski definition) is 3. The summed E-state index contributed by atoms with van der Waals surface area (Å²) in [6, 6.07) is 13.2. The number of likely N-dealkylation sites (N-methyl/N-ethyl adjacent to an activating group) is 1. The highest BCUT2D eigenvalue weighted by atomic mass is 16.5. The minimum Gasteiger partial charge on any atom is -0.497 e. The third-order valence-corrected chi connectivity index (χ3v) is 5.10. The molecule has 0 heterocycles. The molecule has 0 bridgehead atoms. The van der Waals surface area contributed by atoms with E-state index in [2.05, 4.69) is 5.32 Å². The number of nitrogens with zero attached hydrogens (tertiary/aromatic N) is 1. The van der Waals surface area contributed by atoms with Crippen molar-refractivity contribution < 1.29 is 14.3 Å². The van der Waals surface area contributed by atoms with Gasteiger partial charge < -0.3 is 15.0 Å². The van der Waals surface area contributed by atoms with Crippen LogP contribution in [0.1, 0.15) is 42.5 Å². The fourth-order valence-corrected chi connectivity index (χ4v) is 3.39. The van der Waals surface area contributed by atoms with Crippen LogP contribution in [0.2, 0.25) is 0 Å². The minimum atomic E-state index is -0.505. The first-order valence-electron chi connectivity index (χ1n) is 10.2. The highest BCUT2D eigenvalue weighted by molar-refractivity contribution is 5.88. The van der Waals surface area contributed by atoms with Gasteiger partial charge in [0.25, 0.3) is 0 Å². The lowest BCUT2D eigenvalue weighted by Gasteiger charge is -2.31. The van der Waals surface area contributed by atoms with E-state index in [1.807, 2.05) is 70.2 Å².